The van der Waals surface area contributed by atoms with Crippen LogP contribution in [-0.2, 0) is 0 Å². The second-order valence-corrected chi connectivity index (χ2v) is 7.13. The lowest BCUT2D eigenvalue weighted by Gasteiger charge is -2.33. The number of nitrogens with one attached hydrogen (secondary N) is 1. The first-order valence-corrected chi connectivity index (χ1v) is 8.55. The zero-order valence-corrected chi connectivity index (χ0v) is 14.6. The molecule has 1 aliphatic carbocycles. The number of aliphatic hydroxyl groups excluding tert-OH is 1. The molecule has 3 nitrogen and oxygen atoms in total. The van der Waals surface area contributed by atoms with E-state index in [1.807, 2.05) is 24.4 Å². The van der Waals surface area contributed by atoms with Gasteiger partial charge in [-0.2, -0.15) is 0 Å². The molecule has 0 amide bonds. The zero-order valence-electron chi connectivity index (χ0n) is 14.6. The summed E-state index contributed by atoms with van der Waals surface area (Å²) in [5, 5.41) is 13.3. The summed E-state index contributed by atoms with van der Waals surface area (Å²) in [6.45, 7) is 7.38. The van der Waals surface area contributed by atoms with E-state index in [9.17, 15) is 5.11 Å². The van der Waals surface area contributed by atoms with E-state index >= 15 is 0 Å². The predicted octanol–water partition coefficient (Wildman–Crippen LogP) is 3.71. The molecule has 2 aliphatic rings. The molecule has 0 aromatic carbocycles. The molecule has 0 bridgehead atoms. The molecule has 0 spiro atoms. The van der Waals surface area contributed by atoms with Gasteiger partial charge in [0.05, 0.1) is 6.10 Å². The van der Waals surface area contributed by atoms with Gasteiger partial charge in [0.2, 0.25) is 0 Å². The van der Waals surface area contributed by atoms with Crippen LogP contribution in [0.15, 0.2) is 59.0 Å². The highest BCUT2D eigenvalue weighted by Gasteiger charge is 2.26. The van der Waals surface area contributed by atoms with E-state index in [4.69, 9.17) is 5.73 Å². The largest absolute Gasteiger partial charge is 0.388 e. The van der Waals surface area contributed by atoms with Gasteiger partial charge in [-0.15, -0.1) is 0 Å². The number of nitrogens with two attached hydrogens (primary N) is 1. The minimum absolute atomic E-state index is 0.248. The molecule has 0 aromatic rings. The van der Waals surface area contributed by atoms with Crippen LogP contribution in [-0.4, -0.2) is 17.8 Å². The van der Waals surface area contributed by atoms with Crippen molar-refractivity contribution in [1.82, 2.24) is 5.32 Å². The number of hydrogen-bond donors (Lipinski definition) is 3. The number of allylic oxidation sites excluding steroid dienone is 6. The lowest BCUT2D eigenvalue weighted by molar-refractivity contribution is 0.206. The molecular formula is C20H30N2O. The molecule has 0 aromatic heterocycles. The fourth-order valence-corrected chi connectivity index (χ4v) is 3.34. The van der Waals surface area contributed by atoms with Crippen molar-refractivity contribution >= 4 is 0 Å². The summed E-state index contributed by atoms with van der Waals surface area (Å²) in [7, 11) is 0. The number of hydrogen-bond acceptors (Lipinski definition) is 3. The summed E-state index contributed by atoms with van der Waals surface area (Å²) in [4.78, 5) is 0. The van der Waals surface area contributed by atoms with Crippen LogP contribution in [0.1, 0.15) is 46.5 Å². The fraction of sp³-hybridized carbons (Fsp3) is 0.500. The second kappa shape index (κ2) is 7.80. The van der Waals surface area contributed by atoms with Crippen molar-refractivity contribution in [3.05, 3.63) is 59.0 Å². The fourth-order valence-electron chi connectivity index (χ4n) is 3.34. The van der Waals surface area contributed by atoms with Gasteiger partial charge >= 0.3 is 0 Å². The van der Waals surface area contributed by atoms with E-state index in [2.05, 4.69) is 38.2 Å². The highest BCUT2D eigenvalue weighted by molar-refractivity contribution is 5.39. The molecule has 0 saturated carbocycles. The average molecular weight is 314 g/mol. The minimum atomic E-state index is -0.511. The summed E-state index contributed by atoms with van der Waals surface area (Å²) < 4.78 is 0. The first-order chi connectivity index (χ1) is 10.9. The molecule has 2 rings (SSSR count). The third-order valence-electron chi connectivity index (χ3n) is 4.77. The minimum Gasteiger partial charge on any atom is -0.388 e. The van der Waals surface area contributed by atoms with E-state index < -0.39 is 6.10 Å². The lowest BCUT2D eigenvalue weighted by Crippen LogP contribution is -2.19. The lowest BCUT2D eigenvalue weighted by atomic mass is 9.72. The maximum Gasteiger partial charge on any atom is 0.0816 e. The van der Waals surface area contributed by atoms with Gasteiger partial charge in [0.1, 0.15) is 0 Å². The van der Waals surface area contributed by atoms with E-state index in [-0.39, 0.29) is 5.41 Å². The van der Waals surface area contributed by atoms with Crippen molar-refractivity contribution in [3.8, 4) is 0 Å². The Balaban J connectivity index is 2.10. The Morgan fingerprint density at radius 3 is 2.87 bits per heavy atom. The van der Waals surface area contributed by atoms with Crippen LogP contribution in [0.2, 0.25) is 0 Å². The molecule has 126 valence electrons. The quantitative estimate of drug-likeness (QED) is 0.725. The van der Waals surface area contributed by atoms with Gasteiger partial charge in [0, 0.05) is 11.9 Å². The summed E-state index contributed by atoms with van der Waals surface area (Å²) in [5.74, 6) is 0. The van der Waals surface area contributed by atoms with Crippen LogP contribution < -0.4 is 11.1 Å². The smallest absolute Gasteiger partial charge is 0.0816 e. The Kier molecular flexibility index (Phi) is 6.03. The molecule has 3 heteroatoms. The summed E-state index contributed by atoms with van der Waals surface area (Å²) >= 11 is 0. The first-order valence-electron chi connectivity index (χ1n) is 8.55. The zero-order chi connectivity index (χ0) is 16.9. The third-order valence-corrected chi connectivity index (χ3v) is 4.77. The van der Waals surface area contributed by atoms with E-state index in [1.54, 1.807) is 0 Å². The molecule has 0 fully saturated rings. The standard InChI is InChI=1S/C20H30N2O/c1-15-6-5-12-20(2,3)18(15)10-9-17-8-4-7-16(14-22-17)19(23)11-13-21/h4,7-10,14,19,22-23H,5-6,11-13,21H2,1-3H3/b10-9+/t19-/m1/s1. The normalized spacial score (nSPS) is 22.5. The van der Waals surface area contributed by atoms with Gasteiger partial charge in [-0.3, -0.25) is 0 Å². The molecule has 0 saturated heterocycles. The Hall–Kier alpha value is -1.58. The Bertz CT molecular complexity index is 576. The Morgan fingerprint density at radius 1 is 1.39 bits per heavy atom. The monoisotopic (exact) mass is 314 g/mol. The topological polar surface area (TPSA) is 58.3 Å². The van der Waals surface area contributed by atoms with Crippen LogP contribution in [0.4, 0.5) is 0 Å². The van der Waals surface area contributed by atoms with Crippen LogP contribution >= 0.6 is 0 Å². The van der Waals surface area contributed by atoms with E-state index in [0.717, 1.165) is 11.3 Å². The second-order valence-electron chi connectivity index (χ2n) is 7.13. The highest BCUT2D eigenvalue weighted by Crippen LogP contribution is 2.40. The SMILES string of the molecule is CC1=C(/C=C/C2=CC=CC([C@H](O)CCN)=CN2)C(C)(C)CCC1. The Morgan fingerprint density at radius 2 is 2.17 bits per heavy atom. The van der Waals surface area contributed by atoms with Crippen molar-refractivity contribution in [3.63, 3.8) is 0 Å². The third kappa shape index (κ3) is 4.69. The van der Waals surface area contributed by atoms with Gasteiger partial charge in [0.15, 0.2) is 0 Å². The van der Waals surface area contributed by atoms with Crippen molar-refractivity contribution < 1.29 is 5.11 Å². The highest BCUT2D eigenvalue weighted by atomic mass is 16.3. The molecule has 1 atom stereocenters. The molecule has 1 heterocycles. The van der Waals surface area contributed by atoms with E-state index in [1.165, 1.54) is 30.4 Å². The number of rotatable bonds is 5. The van der Waals surface area contributed by atoms with Crippen molar-refractivity contribution in [1.29, 1.82) is 0 Å². The van der Waals surface area contributed by atoms with Crippen molar-refractivity contribution in [2.75, 3.05) is 6.54 Å². The van der Waals surface area contributed by atoms with Gasteiger partial charge in [0.25, 0.3) is 0 Å². The van der Waals surface area contributed by atoms with Crippen molar-refractivity contribution in [2.24, 2.45) is 11.1 Å². The summed E-state index contributed by atoms with van der Waals surface area (Å²) in [6, 6.07) is 0. The average Bonchev–Trinajstić information content (AvgIpc) is 2.72. The van der Waals surface area contributed by atoms with Gasteiger partial charge in [-0.1, -0.05) is 37.6 Å². The number of aliphatic hydroxyl groups is 1. The summed E-state index contributed by atoms with van der Waals surface area (Å²) in [6.07, 6.45) is 16.0. The van der Waals surface area contributed by atoms with Crippen LogP contribution in [0.5, 0.6) is 0 Å². The predicted molar refractivity (Wildman–Crippen MR) is 97.6 cm³/mol. The van der Waals surface area contributed by atoms with Gasteiger partial charge in [-0.05, 0) is 67.9 Å². The maximum atomic E-state index is 10.0. The van der Waals surface area contributed by atoms with Crippen LogP contribution in [0, 0.1) is 5.41 Å². The van der Waals surface area contributed by atoms with Crippen LogP contribution in [0.3, 0.4) is 0 Å². The van der Waals surface area contributed by atoms with Gasteiger partial charge < -0.3 is 16.2 Å². The maximum absolute atomic E-state index is 10.0. The summed E-state index contributed by atoms with van der Waals surface area (Å²) in [5.41, 5.74) is 10.6. The Labute approximate surface area is 140 Å². The van der Waals surface area contributed by atoms with Crippen molar-refractivity contribution in [2.45, 2.75) is 52.6 Å². The molecule has 0 unspecified atom stereocenters. The van der Waals surface area contributed by atoms with Gasteiger partial charge in [-0.25, -0.2) is 0 Å². The molecular weight excluding hydrogens is 284 g/mol. The molecule has 0 radical (unpaired) electrons. The molecule has 4 N–H and O–H groups in total. The van der Waals surface area contributed by atoms with Crippen LogP contribution in [0.25, 0.3) is 0 Å². The molecule has 1 aliphatic heterocycles. The first kappa shape index (κ1) is 17.8. The molecule has 23 heavy (non-hydrogen) atoms. The van der Waals surface area contributed by atoms with E-state index in [0.29, 0.717) is 13.0 Å².